The third-order valence-electron chi connectivity index (χ3n) is 5.44. The molecular formula is C23H26ClN3O5S. The number of amides is 2. The predicted molar refractivity (Wildman–Crippen MR) is 125 cm³/mol. The molecule has 2 aromatic carbocycles. The van der Waals surface area contributed by atoms with Crippen molar-refractivity contribution in [3.63, 3.8) is 0 Å². The number of benzene rings is 2. The van der Waals surface area contributed by atoms with Crippen LogP contribution in [-0.2, 0) is 21.2 Å². The fourth-order valence-electron chi connectivity index (χ4n) is 3.70. The maximum Gasteiger partial charge on any atom is 0.251 e. The molecule has 1 fully saturated rings. The summed E-state index contributed by atoms with van der Waals surface area (Å²) in [6.07, 6.45) is 2.05. The number of hydrogen-bond donors (Lipinski definition) is 3. The average molecular weight is 492 g/mol. The van der Waals surface area contributed by atoms with Crippen molar-refractivity contribution in [2.75, 3.05) is 19.7 Å². The number of halogens is 1. The van der Waals surface area contributed by atoms with Gasteiger partial charge in [-0.1, -0.05) is 30.3 Å². The van der Waals surface area contributed by atoms with Crippen molar-refractivity contribution in [1.82, 2.24) is 14.9 Å². The van der Waals surface area contributed by atoms with Crippen molar-refractivity contribution in [1.29, 1.82) is 0 Å². The van der Waals surface area contributed by atoms with Gasteiger partial charge in [0.15, 0.2) is 0 Å². The highest BCUT2D eigenvalue weighted by Crippen LogP contribution is 2.26. The minimum atomic E-state index is -3.92. The summed E-state index contributed by atoms with van der Waals surface area (Å²) in [5.41, 5.74) is 1.37. The van der Waals surface area contributed by atoms with Crippen molar-refractivity contribution in [2.45, 2.75) is 29.8 Å². The highest BCUT2D eigenvalue weighted by molar-refractivity contribution is 7.89. The number of nitrogens with zero attached hydrogens (tertiary/aromatic N) is 1. The molecule has 1 aliphatic heterocycles. The molecule has 10 heteroatoms. The first-order valence-electron chi connectivity index (χ1n) is 10.4. The van der Waals surface area contributed by atoms with Gasteiger partial charge in [-0.2, -0.15) is 4.31 Å². The summed E-state index contributed by atoms with van der Waals surface area (Å²) >= 11 is 5.86. The maximum absolute atomic E-state index is 13.1. The van der Waals surface area contributed by atoms with Crippen LogP contribution >= 0.6 is 11.6 Å². The minimum Gasteiger partial charge on any atom is -0.395 e. The van der Waals surface area contributed by atoms with Gasteiger partial charge in [-0.3, -0.25) is 9.59 Å². The van der Waals surface area contributed by atoms with Crippen LogP contribution in [0.1, 0.15) is 22.3 Å². The van der Waals surface area contributed by atoms with Gasteiger partial charge in [0.05, 0.1) is 17.5 Å². The van der Waals surface area contributed by atoms with Gasteiger partial charge in [-0.05, 0) is 60.9 Å². The van der Waals surface area contributed by atoms with Crippen molar-refractivity contribution in [2.24, 2.45) is 0 Å². The first-order chi connectivity index (χ1) is 15.7. The molecule has 176 valence electrons. The zero-order valence-electron chi connectivity index (χ0n) is 17.9. The Balaban J connectivity index is 1.62. The second-order valence-corrected chi connectivity index (χ2v) is 10.0. The van der Waals surface area contributed by atoms with Gasteiger partial charge in [-0.15, -0.1) is 0 Å². The fourth-order valence-corrected chi connectivity index (χ4v) is 5.50. The third-order valence-corrected chi connectivity index (χ3v) is 7.63. The van der Waals surface area contributed by atoms with Gasteiger partial charge in [0, 0.05) is 29.7 Å². The highest BCUT2D eigenvalue weighted by Gasteiger charge is 2.40. The molecule has 0 aromatic heterocycles. The van der Waals surface area contributed by atoms with E-state index in [0.717, 1.165) is 11.6 Å². The van der Waals surface area contributed by atoms with Crippen LogP contribution in [0.3, 0.4) is 0 Å². The van der Waals surface area contributed by atoms with Gasteiger partial charge < -0.3 is 15.7 Å². The lowest BCUT2D eigenvalue weighted by Crippen LogP contribution is -2.39. The lowest BCUT2D eigenvalue weighted by molar-refractivity contribution is -0.117. The number of sulfonamides is 1. The standard InChI is InChI=1S/C23H26ClN3O5S/c1-2-22(29)26-19-13-20(15-28)27(14-19)33(31,32)21-9-5-17(6-10-21)23(30)25-12-11-16-3-7-18(24)8-4-16/h2-10,19-20,28H,1,11-15H2,(H,25,30)(H,26,29). The van der Waals surface area contributed by atoms with Gasteiger partial charge in [0.1, 0.15) is 0 Å². The second kappa shape index (κ2) is 10.9. The smallest absolute Gasteiger partial charge is 0.251 e. The fraction of sp³-hybridized carbons (Fsp3) is 0.304. The first-order valence-corrected chi connectivity index (χ1v) is 12.2. The SMILES string of the molecule is C=CC(=O)NC1CC(CO)N(S(=O)(=O)c2ccc(C(=O)NCCc3ccc(Cl)cc3)cc2)C1. The van der Waals surface area contributed by atoms with E-state index in [0.29, 0.717) is 30.0 Å². The van der Waals surface area contributed by atoms with E-state index in [2.05, 4.69) is 17.2 Å². The summed E-state index contributed by atoms with van der Waals surface area (Å²) in [5, 5.41) is 15.8. The molecule has 2 amide bonds. The normalized spacial score (nSPS) is 18.6. The topological polar surface area (TPSA) is 116 Å². The summed E-state index contributed by atoms with van der Waals surface area (Å²) in [5.74, 6) is -0.711. The Morgan fingerprint density at radius 3 is 2.42 bits per heavy atom. The summed E-state index contributed by atoms with van der Waals surface area (Å²) in [6.45, 7) is 3.48. The van der Waals surface area contributed by atoms with Crippen LogP contribution in [0.15, 0.2) is 66.1 Å². The molecule has 1 aliphatic rings. The molecule has 2 aromatic rings. The number of carbonyl (C=O) groups is 2. The van der Waals surface area contributed by atoms with E-state index in [1.807, 2.05) is 12.1 Å². The molecule has 8 nitrogen and oxygen atoms in total. The lowest BCUT2D eigenvalue weighted by atomic mass is 10.1. The molecular weight excluding hydrogens is 466 g/mol. The van der Waals surface area contributed by atoms with E-state index >= 15 is 0 Å². The molecule has 0 spiro atoms. The largest absolute Gasteiger partial charge is 0.395 e. The summed E-state index contributed by atoms with van der Waals surface area (Å²) < 4.78 is 27.4. The number of aliphatic hydroxyl groups is 1. The maximum atomic E-state index is 13.1. The average Bonchev–Trinajstić information content (AvgIpc) is 3.24. The Hall–Kier alpha value is -2.72. The van der Waals surface area contributed by atoms with Crippen molar-refractivity contribution in [3.05, 3.63) is 77.3 Å². The van der Waals surface area contributed by atoms with E-state index in [1.165, 1.54) is 28.6 Å². The number of hydrogen-bond acceptors (Lipinski definition) is 5. The first kappa shape index (κ1) is 24.9. The number of nitrogens with one attached hydrogen (secondary N) is 2. The van der Waals surface area contributed by atoms with Gasteiger partial charge in [-0.25, -0.2) is 8.42 Å². The minimum absolute atomic E-state index is 0.00867. The molecule has 0 bridgehead atoms. The van der Waals surface area contributed by atoms with E-state index in [-0.39, 0.29) is 24.0 Å². The van der Waals surface area contributed by atoms with E-state index in [1.54, 1.807) is 12.1 Å². The van der Waals surface area contributed by atoms with Crippen LogP contribution in [0.25, 0.3) is 0 Å². The van der Waals surface area contributed by atoms with Crippen LogP contribution in [0.4, 0.5) is 0 Å². The van der Waals surface area contributed by atoms with E-state index < -0.39 is 28.0 Å². The molecule has 2 atom stereocenters. The molecule has 3 N–H and O–H groups in total. The highest BCUT2D eigenvalue weighted by atomic mass is 35.5. The Labute approximate surface area is 198 Å². The van der Waals surface area contributed by atoms with Gasteiger partial charge >= 0.3 is 0 Å². The third kappa shape index (κ3) is 6.20. The summed E-state index contributed by atoms with van der Waals surface area (Å²) in [7, 11) is -3.92. The molecule has 0 radical (unpaired) electrons. The van der Waals surface area contributed by atoms with Crippen LogP contribution in [0.2, 0.25) is 5.02 Å². The van der Waals surface area contributed by atoms with Gasteiger partial charge in [0.2, 0.25) is 15.9 Å². The van der Waals surface area contributed by atoms with E-state index in [9.17, 15) is 23.1 Å². The summed E-state index contributed by atoms with van der Waals surface area (Å²) in [4.78, 5) is 24.0. The van der Waals surface area contributed by atoms with Crippen LogP contribution in [0.5, 0.6) is 0 Å². The van der Waals surface area contributed by atoms with Crippen LogP contribution < -0.4 is 10.6 Å². The van der Waals surface area contributed by atoms with Crippen molar-refractivity contribution >= 4 is 33.4 Å². The van der Waals surface area contributed by atoms with Crippen molar-refractivity contribution in [3.8, 4) is 0 Å². The van der Waals surface area contributed by atoms with Gasteiger partial charge in [0.25, 0.3) is 5.91 Å². The Kier molecular flexibility index (Phi) is 8.25. The Bertz CT molecular complexity index is 1100. The second-order valence-electron chi connectivity index (χ2n) is 7.71. The number of aliphatic hydroxyl groups excluding tert-OH is 1. The molecule has 2 unspecified atom stereocenters. The molecule has 1 saturated heterocycles. The predicted octanol–water partition coefficient (Wildman–Crippen LogP) is 1.74. The van der Waals surface area contributed by atoms with Crippen LogP contribution in [0, 0.1) is 0 Å². The van der Waals surface area contributed by atoms with E-state index in [4.69, 9.17) is 11.6 Å². The van der Waals surface area contributed by atoms with Crippen LogP contribution in [-0.4, -0.2) is 61.4 Å². The molecule has 33 heavy (non-hydrogen) atoms. The monoisotopic (exact) mass is 491 g/mol. The zero-order valence-corrected chi connectivity index (χ0v) is 19.5. The Morgan fingerprint density at radius 2 is 1.82 bits per heavy atom. The molecule has 1 heterocycles. The molecule has 0 aliphatic carbocycles. The summed E-state index contributed by atoms with van der Waals surface area (Å²) in [6, 6.07) is 11.9. The number of rotatable bonds is 9. The lowest BCUT2D eigenvalue weighted by Gasteiger charge is -2.22. The number of carbonyl (C=O) groups excluding carboxylic acids is 2. The Morgan fingerprint density at radius 1 is 1.15 bits per heavy atom. The molecule has 0 saturated carbocycles. The zero-order chi connectivity index (χ0) is 24.0. The molecule has 3 rings (SSSR count). The quantitative estimate of drug-likeness (QED) is 0.462. The van der Waals surface area contributed by atoms with Crippen molar-refractivity contribution < 1.29 is 23.1 Å².